The summed E-state index contributed by atoms with van der Waals surface area (Å²) < 4.78 is 28.7. The lowest BCUT2D eigenvalue weighted by Crippen LogP contribution is -2.33. The highest BCUT2D eigenvalue weighted by Crippen LogP contribution is 2.37. The molecule has 27 heavy (non-hydrogen) atoms. The Hall–Kier alpha value is -1.41. The highest BCUT2D eigenvalue weighted by Gasteiger charge is 2.31. The van der Waals surface area contributed by atoms with E-state index in [1.807, 2.05) is 19.1 Å². The molecular formula is C19H20BrClN2O3S. The summed E-state index contributed by atoms with van der Waals surface area (Å²) in [6, 6.07) is 10.7. The molecule has 0 unspecified atom stereocenters. The molecule has 5 nitrogen and oxygen atoms in total. The van der Waals surface area contributed by atoms with Crippen molar-refractivity contribution in [1.82, 2.24) is 4.72 Å². The molecule has 2 aromatic rings. The van der Waals surface area contributed by atoms with Crippen LogP contribution in [0.2, 0.25) is 5.02 Å². The lowest BCUT2D eigenvalue weighted by Gasteiger charge is -2.21. The van der Waals surface area contributed by atoms with Crippen LogP contribution in [0.3, 0.4) is 0 Å². The Morgan fingerprint density at radius 3 is 2.59 bits per heavy atom. The molecule has 0 fully saturated rings. The molecule has 0 saturated heterocycles. The van der Waals surface area contributed by atoms with Gasteiger partial charge in [-0.3, -0.25) is 4.79 Å². The fraction of sp³-hybridized carbons (Fsp3) is 0.316. The number of nitrogens with zero attached hydrogens (tertiary/aromatic N) is 1. The van der Waals surface area contributed by atoms with Gasteiger partial charge in [0.2, 0.25) is 15.9 Å². The molecule has 1 heterocycles. The van der Waals surface area contributed by atoms with E-state index in [0.717, 1.165) is 11.1 Å². The van der Waals surface area contributed by atoms with Crippen LogP contribution in [0.5, 0.6) is 0 Å². The number of amides is 1. The maximum absolute atomic E-state index is 12.8. The van der Waals surface area contributed by atoms with Crippen LogP contribution in [0, 0.1) is 0 Å². The maximum atomic E-state index is 12.8. The van der Waals surface area contributed by atoms with Crippen molar-refractivity contribution < 1.29 is 13.2 Å². The summed E-state index contributed by atoms with van der Waals surface area (Å²) in [5, 5.41) is 0.644. The first kappa shape index (κ1) is 20.3. The highest BCUT2D eigenvalue weighted by molar-refractivity contribution is 9.10. The average Bonchev–Trinajstić information content (AvgIpc) is 2.90. The SMILES string of the molecule is CC(=O)N1c2cc(S(=O)(=O)NCCc3ccc(Cl)cc3)c(Br)cc2C[C@H]1C. The number of hydrogen-bond acceptors (Lipinski definition) is 3. The van der Waals surface area contributed by atoms with Gasteiger partial charge >= 0.3 is 0 Å². The summed E-state index contributed by atoms with van der Waals surface area (Å²) in [5.74, 6) is -0.0948. The fourth-order valence-electron chi connectivity index (χ4n) is 3.36. The van der Waals surface area contributed by atoms with Gasteiger partial charge in [-0.1, -0.05) is 23.7 Å². The minimum absolute atomic E-state index is 0.0141. The van der Waals surface area contributed by atoms with Crippen LogP contribution >= 0.6 is 27.5 Å². The summed E-state index contributed by atoms with van der Waals surface area (Å²) >= 11 is 9.23. The van der Waals surface area contributed by atoms with Crippen LogP contribution in [0.1, 0.15) is 25.0 Å². The number of nitrogens with one attached hydrogen (secondary N) is 1. The zero-order valence-corrected chi connectivity index (χ0v) is 18.2. The quantitative estimate of drug-likeness (QED) is 0.719. The van der Waals surface area contributed by atoms with Crippen molar-refractivity contribution in [2.45, 2.75) is 37.6 Å². The van der Waals surface area contributed by atoms with Gasteiger partial charge in [0.05, 0.1) is 4.90 Å². The Bertz CT molecular complexity index is 977. The Labute approximate surface area is 172 Å². The van der Waals surface area contributed by atoms with E-state index in [9.17, 15) is 13.2 Å². The van der Waals surface area contributed by atoms with Crippen LogP contribution in [0.25, 0.3) is 0 Å². The van der Waals surface area contributed by atoms with E-state index >= 15 is 0 Å². The smallest absolute Gasteiger partial charge is 0.241 e. The molecular weight excluding hydrogens is 452 g/mol. The predicted molar refractivity (Wildman–Crippen MR) is 111 cm³/mol. The Kier molecular flexibility index (Phi) is 5.96. The zero-order chi connectivity index (χ0) is 19.8. The molecule has 1 N–H and O–H groups in total. The number of carbonyl (C=O) groups excluding carboxylic acids is 1. The van der Waals surface area contributed by atoms with Crippen LogP contribution < -0.4 is 9.62 Å². The van der Waals surface area contributed by atoms with Crippen molar-refractivity contribution >= 4 is 49.1 Å². The van der Waals surface area contributed by atoms with E-state index in [-0.39, 0.29) is 23.4 Å². The molecule has 0 aliphatic carbocycles. The summed E-state index contributed by atoms with van der Waals surface area (Å²) in [5.41, 5.74) is 2.62. The zero-order valence-electron chi connectivity index (χ0n) is 15.0. The summed E-state index contributed by atoms with van der Waals surface area (Å²) in [6.07, 6.45) is 1.26. The van der Waals surface area contributed by atoms with E-state index in [0.29, 0.717) is 28.0 Å². The van der Waals surface area contributed by atoms with Gasteiger partial charge in [0, 0.05) is 34.7 Å². The lowest BCUT2D eigenvalue weighted by molar-refractivity contribution is -0.116. The largest absolute Gasteiger partial charge is 0.309 e. The number of sulfonamides is 1. The molecule has 1 aliphatic rings. The van der Waals surface area contributed by atoms with Crippen molar-refractivity contribution in [3.63, 3.8) is 0 Å². The average molecular weight is 472 g/mol. The van der Waals surface area contributed by atoms with Crippen LogP contribution in [0.15, 0.2) is 45.8 Å². The molecule has 0 saturated carbocycles. The number of benzene rings is 2. The van der Waals surface area contributed by atoms with E-state index in [1.54, 1.807) is 29.2 Å². The number of carbonyl (C=O) groups is 1. The third-order valence-corrected chi connectivity index (χ3v) is 7.27. The summed E-state index contributed by atoms with van der Waals surface area (Å²) in [6.45, 7) is 3.71. The fourth-order valence-corrected chi connectivity index (χ4v) is 5.63. The number of hydrogen-bond donors (Lipinski definition) is 1. The second kappa shape index (κ2) is 7.91. The Morgan fingerprint density at radius 2 is 1.96 bits per heavy atom. The van der Waals surface area contributed by atoms with Crippen molar-refractivity contribution in [3.8, 4) is 0 Å². The van der Waals surface area contributed by atoms with Gasteiger partial charge in [-0.05, 0) is 71.1 Å². The molecule has 1 amide bonds. The van der Waals surface area contributed by atoms with Gasteiger partial charge in [-0.2, -0.15) is 0 Å². The van der Waals surface area contributed by atoms with E-state index < -0.39 is 10.0 Å². The molecule has 1 atom stereocenters. The van der Waals surface area contributed by atoms with Gasteiger partial charge in [0.15, 0.2) is 0 Å². The highest BCUT2D eigenvalue weighted by atomic mass is 79.9. The Morgan fingerprint density at radius 1 is 1.30 bits per heavy atom. The van der Waals surface area contributed by atoms with Gasteiger partial charge in [-0.25, -0.2) is 13.1 Å². The molecule has 0 aromatic heterocycles. The van der Waals surface area contributed by atoms with Crippen molar-refractivity contribution in [3.05, 3.63) is 57.0 Å². The first-order valence-corrected chi connectivity index (χ1v) is 11.2. The topological polar surface area (TPSA) is 66.5 Å². The van der Waals surface area contributed by atoms with Crippen molar-refractivity contribution in [2.75, 3.05) is 11.4 Å². The normalized spacial score (nSPS) is 16.4. The van der Waals surface area contributed by atoms with E-state index in [1.165, 1.54) is 6.92 Å². The third-order valence-electron chi connectivity index (χ3n) is 4.60. The second-order valence-corrected chi connectivity index (χ2v) is 9.65. The van der Waals surface area contributed by atoms with Crippen molar-refractivity contribution in [1.29, 1.82) is 0 Å². The lowest BCUT2D eigenvalue weighted by atomic mass is 10.1. The maximum Gasteiger partial charge on any atom is 0.241 e. The molecule has 144 valence electrons. The van der Waals surface area contributed by atoms with Crippen molar-refractivity contribution in [2.24, 2.45) is 0 Å². The van der Waals surface area contributed by atoms with Crippen LogP contribution in [-0.4, -0.2) is 26.9 Å². The number of halogens is 2. The molecule has 3 rings (SSSR count). The number of anilines is 1. The second-order valence-electron chi connectivity index (χ2n) is 6.63. The number of rotatable bonds is 5. The predicted octanol–water partition coefficient (Wildman–Crippen LogP) is 3.92. The minimum Gasteiger partial charge on any atom is -0.309 e. The summed E-state index contributed by atoms with van der Waals surface area (Å²) in [7, 11) is -3.72. The molecule has 1 aliphatic heterocycles. The first-order chi connectivity index (χ1) is 12.7. The van der Waals surface area contributed by atoms with Crippen LogP contribution in [-0.2, 0) is 27.7 Å². The monoisotopic (exact) mass is 470 g/mol. The molecule has 0 radical (unpaired) electrons. The van der Waals surface area contributed by atoms with Crippen LogP contribution in [0.4, 0.5) is 5.69 Å². The minimum atomic E-state index is -3.72. The molecule has 0 bridgehead atoms. The Balaban J connectivity index is 1.80. The molecule has 8 heteroatoms. The van der Waals surface area contributed by atoms with Gasteiger partial charge in [0.25, 0.3) is 0 Å². The molecule has 0 spiro atoms. The molecule has 2 aromatic carbocycles. The summed E-state index contributed by atoms with van der Waals surface area (Å²) in [4.78, 5) is 13.7. The first-order valence-electron chi connectivity index (χ1n) is 8.55. The number of fused-ring (bicyclic) bond motifs is 1. The van der Waals surface area contributed by atoms with Gasteiger partial charge in [-0.15, -0.1) is 0 Å². The third kappa shape index (κ3) is 4.37. The van der Waals surface area contributed by atoms with E-state index in [4.69, 9.17) is 11.6 Å². The van der Waals surface area contributed by atoms with Gasteiger partial charge < -0.3 is 4.90 Å². The standard InChI is InChI=1S/C19H20BrClN2O3S/c1-12-9-15-10-17(20)19(11-18(15)23(12)13(2)24)27(25,26)22-8-7-14-3-5-16(21)6-4-14/h3-6,10-12,22H,7-9H2,1-2H3/t12-/m1/s1. The van der Waals surface area contributed by atoms with E-state index in [2.05, 4.69) is 20.7 Å². The van der Waals surface area contributed by atoms with Gasteiger partial charge in [0.1, 0.15) is 0 Å².